The van der Waals surface area contributed by atoms with Gasteiger partial charge >= 0.3 is 0 Å². The van der Waals surface area contributed by atoms with Crippen molar-refractivity contribution in [1.82, 2.24) is 30.2 Å². The Labute approximate surface area is 175 Å². The molecule has 1 aliphatic rings. The smallest absolute Gasteiger partial charge is 0.269 e. The lowest BCUT2D eigenvalue weighted by Gasteiger charge is -2.25. The second-order valence-corrected chi connectivity index (χ2v) is 7.72. The summed E-state index contributed by atoms with van der Waals surface area (Å²) in [4.78, 5) is 26.9. The number of carbonyl (C=O) groups is 2. The first kappa shape index (κ1) is 19.9. The van der Waals surface area contributed by atoms with Crippen molar-refractivity contribution in [2.75, 3.05) is 13.1 Å². The number of aromatic nitrogens is 4. The van der Waals surface area contributed by atoms with Gasteiger partial charge in [0, 0.05) is 37.8 Å². The number of nitrogens with zero attached hydrogens (tertiary/aromatic N) is 4. The van der Waals surface area contributed by atoms with E-state index in [4.69, 9.17) is 0 Å². The fraction of sp³-hybridized carbons (Fsp3) is 0.364. The first-order chi connectivity index (χ1) is 14.4. The molecule has 8 nitrogen and oxygen atoms in total. The van der Waals surface area contributed by atoms with Gasteiger partial charge in [0.05, 0.1) is 17.4 Å². The quantitative estimate of drug-likeness (QED) is 0.657. The summed E-state index contributed by atoms with van der Waals surface area (Å²) in [7, 11) is 1.89. The van der Waals surface area contributed by atoms with Crippen molar-refractivity contribution in [1.29, 1.82) is 0 Å². The van der Waals surface area contributed by atoms with Gasteiger partial charge < -0.3 is 10.2 Å². The molecule has 1 aliphatic heterocycles. The van der Waals surface area contributed by atoms with E-state index < -0.39 is 0 Å². The number of aromatic amines is 1. The number of hydrogen-bond acceptors (Lipinski definition) is 4. The van der Waals surface area contributed by atoms with Crippen molar-refractivity contribution in [3.8, 4) is 11.3 Å². The third-order valence-corrected chi connectivity index (χ3v) is 5.67. The standard InChI is InChI=1S/C22H26N6O2/c1-14-21(15(2)27(3)26-14)17-12-18(25-24-17)22(30)23-19(16-8-5-4-6-9-16)13-28-11-7-10-20(28)29/h4-6,8-9,12,19H,7,10-11,13H2,1-3H3,(H,23,30)(H,24,25). The number of hydrogen-bond donors (Lipinski definition) is 2. The summed E-state index contributed by atoms with van der Waals surface area (Å²) in [5, 5.41) is 14.7. The fourth-order valence-electron chi connectivity index (χ4n) is 3.98. The molecule has 0 aliphatic carbocycles. The van der Waals surface area contributed by atoms with Gasteiger partial charge in [0.1, 0.15) is 5.69 Å². The van der Waals surface area contributed by atoms with Crippen LogP contribution in [-0.4, -0.2) is 49.8 Å². The van der Waals surface area contributed by atoms with E-state index in [-0.39, 0.29) is 17.9 Å². The molecule has 0 bridgehead atoms. The second kappa shape index (κ2) is 8.14. The Balaban J connectivity index is 1.55. The van der Waals surface area contributed by atoms with Gasteiger partial charge in [-0.2, -0.15) is 10.2 Å². The third-order valence-electron chi connectivity index (χ3n) is 5.67. The lowest BCUT2D eigenvalue weighted by molar-refractivity contribution is -0.128. The maximum Gasteiger partial charge on any atom is 0.269 e. The van der Waals surface area contributed by atoms with E-state index in [0.717, 1.165) is 35.5 Å². The molecule has 156 valence electrons. The highest BCUT2D eigenvalue weighted by Gasteiger charge is 2.26. The molecule has 30 heavy (non-hydrogen) atoms. The molecule has 8 heteroatoms. The number of benzene rings is 1. The van der Waals surface area contributed by atoms with E-state index in [1.54, 1.807) is 10.7 Å². The number of amides is 2. The summed E-state index contributed by atoms with van der Waals surface area (Å²) in [6, 6.07) is 11.2. The summed E-state index contributed by atoms with van der Waals surface area (Å²) in [5.74, 6) is -0.120. The van der Waals surface area contributed by atoms with Crippen LogP contribution in [0.3, 0.4) is 0 Å². The number of H-pyrrole nitrogens is 1. The molecule has 0 spiro atoms. The molecule has 4 rings (SSSR count). The largest absolute Gasteiger partial charge is 0.342 e. The van der Waals surface area contributed by atoms with Crippen LogP contribution in [0.1, 0.15) is 46.3 Å². The van der Waals surface area contributed by atoms with Gasteiger partial charge in [0.25, 0.3) is 5.91 Å². The predicted molar refractivity (Wildman–Crippen MR) is 113 cm³/mol. The van der Waals surface area contributed by atoms with E-state index in [1.807, 2.05) is 56.1 Å². The van der Waals surface area contributed by atoms with Crippen LogP contribution in [0.5, 0.6) is 0 Å². The monoisotopic (exact) mass is 406 g/mol. The molecule has 1 atom stereocenters. The van der Waals surface area contributed by atoms with Gasteiger partial charge in [-0.05, 0) is 31.9 Å². The lowest BCUT2D eigenvalue weighted by Crippen LogP contribution is -2.38. The van der Waals surface area contributed by atoms with Gasteiger partial charge in [0.15, 0.2) is 0 Å². The van der Waals surface area contributed by atoms with Crippen molar-refractivity contribution >= 4 is 11.8 Å². The second-order valence-electron chi connectivity index (χ2n) is 7.72. The summed E-state index contributed by atoms with van der Waals surface area (Å²) in [5.41, 5.74) is 4.80. The highest BCUT2D eigenvalue weighted by molar-refractivity contribution is 5.93. The molecule has 1 saturated heterocycles. The molecule has 3 aromatic rings. The first-order valence-corrected chi connectivity index (χ1v) is 10.1. The highest BCUT2D eigenvalue weighted by Crippen LogP contribution is 2.25. The number of carbonyl (C=O) groups excluding carboxylic acids is 2. The fourth-order valence-corrected chi connectivity index (χ4v) is 3.98. The minimum absolute atomic E-state index is 0.136. The third kappa shape index (κ3) is 3.85. The van der Waals surface area contributed by atoms with E-state index in [9.17, 15) is 9.59 Å². The van der Waals surface area contributed by atoms with Crippen molar-refractivity contribution in [2.24, 2.45) is 7.05 Å². The normalized spacial score (nSPS) is 14.9. The molecule has 3 heterocycles. The zero-order valence-corrected chi connectivity index (χ0v) is 17.5. The van der Waals surface area contributed by atoms with Crippen molar-refractivity contribution in [3.05, 3.63) is 59.0 Å². The summed E-state index contributed by atoms with van der Waals surface area (Å²) < 4.78 is 1.80. The highest BCUT2D eigenvalue weighted by atomic mass is 16.2. The number of likely N-dealkylation sites (tertiary alicyclic amines) is 1. The number of nitrogens with one attached hydrogen (secondary N) is 2. The average Bonchev–Trinajstić information content (AvgIpc) is 3.43. The Hall–Kier alpha value is -3.42. The van der Waals surface area contributed by atoms with Crippen molar-refractivity contribution < 1.29 is 9.59 Å². The van der Waals surface area contributed by atoms with Crippen molar-refractivity contribution in [2.45, 2.75) is 32.7 Å². The minimum Gasteiger partial charge on any atom is -0.342 e. The van der Waals surface area contributed by atoms with Gasteiger partial charge in [-0.1, -0.05) is 30.3 Å². The van der Waals surface area contributed by atoms with E-state index in [1.165, 1.54) is 0 Å². The van der Waals surface area contributed by atoms with Crippen LogP contribution in [0.15, 0.2) is 36.4 Å². The Bertz CT molecular complexity index is 1070. The molecular formula is C22H26N6O2. The van der Waals surface area contributed by atoms with Gasteiger partial charge in [0.2, 0.25) is 5.91 Å². The molecule has 1 aromatic carbocycles. The van der Waals surface area contributed by atoms with Crippen LogP contribution in [0.4, 0.5) is 0 Å². The number of aryl methyl sites for hydroxylation is 2. The average molecular weight is 406 g/mol. The molecule has 2 amide bonds. The minimum atomic E-state index is -0.297. The lowest BCUT2D eigenvalue weighted by atomic mass is 10.1. The summed E-state index contributed by atoms with van der Waals surface area (Å²) in [6.07, 6.45) is 1.44. The van der Waals surface area contributed by atoms with Gasteiger partial charge in [-0.3, -0.25) is 19.4 Å². The zero-order valence-electron chi connectivity index (χ0n) is 17.5. The summed E-state index contributed by atoms with van der Waals surface area (Å²) in [6.45, 7) is 5.08. The van der Waals surface area contributed by atoms with Crippen LogP contribution in [0, 0.1) is 13.8 Å². The van der Waals surface area contributed by atoms with Crippen LogP contribution in [0.2, 0.25) is 0 Å². The maximum absolute atomic E-state index is 13.0. The van der Waals surface area contributed by atoms with Crippen LogP contribution in [0.25, 0.3) is 11.3 Å². The molecular weight excluding hydrogens is 380 g/mol. The Kier molecular flexibility index (Phi) is 5.39. The van der Waals surface area contributed by atoms with Crippen molar-refractivity contribution in [3.63, 3.8) is 0 Å². The molecule has 0 saturated carbocycles. The Morgan fingerprint density at radius 1 is 1.27 bits per heavy atom. The van der Waals surface area contributed by atoms with Crippen LogP contribution in [-0.2, 0) is 11.8 Å². The van der Waals surface area contributed by atoms with Crippen LogP contribution >= 0.6 is 0 Å². The van der Waals surface area contributed by atoms with Gasteiger partial charge in [-0.15, -0.1) is 0 Å². The van der Waals surface area contributed by atoms with Gasteiger partial charge in [-0.25, -0.2) is 0 Å². The topological polar surface area (TPSA) is 95.9 Å². The zero-order chi connectivity index (χ0) is 21.3. The molecule has 2 N–H and O–H groups in total. The first-order valence-electron chi connectivity index (χ1n) is 10.1. The Morgan fingerprint density at radius 2 is 2.03 bits per heavy atom. The Morgan fingerprint density at radius 3 is 2.67 bits per heavy atom. The number of rotatable bonds is 6. The molecule has 1 fully saturated rings. The van der Waals surface area contributed by atoms with Crippen LogP contribution < -0.4 is 5.32 Å². The maximum atomic E-state index is 13.0. The van der Waals surface area contributed by atoms with E-state index in [2.05, 4.69) is 20.6 Å². The molecule has 0 radical (unpaired) electrons. The van der Waals surface area contributed by atoms with E-state index in [0.29, 0.717) is 24.4 Å². The molecule has 1 unspecified atom stereocenters. The predicted octanol–water partition coefficient (Wildman–Crippen LogP) is 2.52. The SMILES string of the molecule is Cc1nn(C)c(C)c1-c1cc(C(=O)NC(CN2CCCC2=O)c2ccccc2)[nH]n1. The molecule has 2 aromatic heterocycles. The van der Waals surface area contributed by atoms with E-state index >= 15 is 0 Å². The summed E-state index contributed by atoms with van der Waals surface area (Å²) >= 11 is 0.